The average molecular weight is 523 g/mol. The number of pyridine rings is 1. The van der Waals surface area contributed by atoms with E-state index >= 15 is 0 Å². The van der Waals surface area contributed by atoms with Crippen LogP contribution >= 0.6 is 11.3 Å². The first-order chi connectivity index (χ1) is 19.7. The van der Waals surface area contributed by atoms with E-state index in [-0.39, 0.29) is 5.75 Å². The van der Waals surface area contributed by atoms with E-state index in [2.05, 4.69) is 33.8 Å². The van der Waals surface area contributed by atoms with Gasteiger partial charge in [-0.05, 0) is 71.1 Å². The predicted molar refractivity (Wildman–Crippen MR) is 160 cm³/mol. The second kappa shape index (κ2) is 9.71. The second-order valence-corrected chi connectivity index (χ2v) is 10.1. The number of phenolic OH excluding ortho intramolecular Hbond substituents is 1. The molecule has 0 aliphatic carbocycles. The molecule has 0 amide bonds. The molecule has 39 heavy (non-hydrogen) atoms. The van der Waals surface area contributed by atoms with Crippen molar-refractivity contribution in [1.82, 2.24) is 14.5 Å². The molecule has 7 rings (SSSR count). The van der Waals surface area contributed by atoms with Gasteiger partial charge in [-0.15, -0.1) is 11.3 Å². The minimum atomic E-state index is 0.179. The number of thiophene rings is 1. The van der Waals surface area contributed by atoms with E-state index in [4.69, 9.17) is 6.35 Å². The fourth-order valence-corrected chi connectivity index (χ4v) is 5.67. The maximum absolute atomic E-state index is 10.7. The topological polar surface area (TPSA) is 50.9 Å². The van der Waals surface area contributed by atoms with Crippen LogP contribution in [0.1, 0.15) is 1.37 Å². The van der Waals surface area contributed by atoms with Crippen molar-refractivity contribution in [2.45, 2.75) is 0 Å². The number of imidazole rings is 1. The van der Waals surface area contributed by atoms with Crippen molar-refractivity contribution >= 4 is 22.4 Å². The fourth-order valence-electron chi connectivity index (χ4n) is 4.96. The molecule has 0 unspecified atom stereocenters. The smallest absolute Gasteiger partial charge is 0.149 e. The third kappa shape index (κ3) is 4.19. The maximum atomic E-state index is 10.7. The molecule has 0 bridgehead atoms. The summed E-state index contributed by atoms with van der Waals surface area (Å²) in [4.78, 5) is 10.8. The highest BCUT2D eigenvalue weighted by Crippen LogP contribution is 2.38. The van der Waals surface area contributed by atoms with Crippen LogP contribution in [0.3, 0.4) is 0 Å². The number of nitrogens with zero attached hydrogens (tertiary/aromatic N) is 3. The molecule has 186 valence electrons. The summed E-state index contributed by atoms with van der Waals surface area (Å²) in [5.41, 5.74) is 7.73. The summed E-state index contributed by atoms with van der Waals surface area (Å²) < 4.78 is 11.0. The number of hydrogen-bond donors (Lipinski definition) is 1. The van der Waals surface area contributed by atoms with Gasteiger partial charge in [-0.25, -0.2) is 4.98 Å². The lowest BCUT2D eigenvalue weighted by molar-refractivity contribution is 0.477. The highest BCUT2D eigenvalue weighted by atomic mass is 32.1. The normalized spacial score (nSPS) is 11.5. The zero-order valence-electron chi connectivity index (χ0n) is 21.8. The van der Waals surface area contributed by atoms with Crippen molar-refractivity contribution in [3.63, 3.8) is 0 Å². The largest absolute Gasteiger partial charge is 0.507 e. The van der Waals surface area contributed by atoms with Gasteiger partial charge in [0.2, 0.25) is 0 Å². The van der Waals surface area contributed by atoms with Crippen LogP contribution in [0.5, 0.6) is 5.75 Å². The third-order valence-electron chi connectivity index (χ3n) is 6.78. The molecule has 0 radical (unpaired) electrons. The summed E-state index contributed by atoms with van der Waals surface area (Å²) >= 11 is 1.62. The summed E-state index contributed by atoms with van der Waals surface area (Å²) in [7, 11) is 0. The summed E-state index contributed by atoms with van der Waals surface area (Å²) in [6, 6.07) is 38.0. The first-order valence-corrected chi connectivity index (χ1v) is 13.5. The summed E-state index contributed by atoms with van der Waals surface area (Å²) in [6.07, 6.45) is 1.77. The number of rotatable bonds is 5. The molecule has 7 aromatic rings. The summed E-state index contributed by atoms with van der Waals surface area (Å²) in [6.45, 7) is 0. The minimum absolute atomic E-state index is 0.179. The second-order valence-electron chi connectivity index (χ2n) is 9.19. The highest BCUT2D eigenvalue weighted by molar-refractivity contribution is 7.13. The molecule has 0 fully saturated rings. The fraction of sp³-hybridized carbons (Fsp3) is 0. The van der Waals surface area contributed by atoms with Crippen molar-refractivity contribution in [2.24, 2.45) is 0 Å². The number of aromatic nitrogens is 3. The minimum Gasteiger partial charge on any atom is -0.507 e. The van der Waals surface area contributed by atoms with Gasteiger partial charge >= 0.3 is 0 Å². The van der Waals surface area contributed by atoms with E-state index in [9.17, 15) is 5.11 Å². The lowest BCUT2D eigenvalue weighted by Crippen LogP contribution is -1.97. The number of fused-ring (bicyclic) bond motifs is 1. The Hall–Kier alpha value is -5.00. The first kappa shape index (κ1) is 22.0. The molecule has 0 aliphatic heterocycles. The van der Waals surface area contributed by atoms with Gasteiger partial charge in [-0.3, -0.25) is 9.55 Å². The molecule has 1 N–H and O–H groups in total. The van der Waals surface area contributed by atoms with Gasteiger partial charge in [0.1, 0.15) is 11.6 Å². The number of phenols is 1. The van der Waals surface area contributed by atoms with Crippen LogP contribution in [0.4, 0.5) is 0 Å². The summed E-state index contributed by atoms with van der Waals surface area (Å²) in [5, 5.41) is 12.8. The first-order valence-electron chi connectivity index (χ1n) is 13.1. The molecule has 0 saturated heterocycles. The number of benzene rings is 4. The molecule has 0 spiro atoms. The van der Waals surface area contributed by atoms with Crippen LogP contribution in [0, 0.1) is 0 Å². The van der Waals surface area contributed by atoms with E-state index in [0.717, 1.165) is 43.9 Å². The monoisotopic (exact) mass is 522 g/mol. The molecular formula is C34H23N3OS. The van der Waals surface area contributed by atoms with Crippen molar-refractivity contribution in [2.75, 3.05) is 0 Å². The lowest BCUT2D eigenvalue weighted by atomic mass is 9.99. The molecule has 4 aromatic carbocycles. The highest BCUT2D eigenvalue weighted by Gasteiger charge is 2.19. The summed E-state index contributed by atoms with van der Waals surface area (Å²) in [5.74, 6) is 0.847. The van der Waals surface area contributed by atoms with Crippen molar-refractivity contribution in [3.05, 3.63) is 133 Å². The molecule has 0 atom stereocenters. The maximum Gasteiger partial charge on any atom is 0.149 e. The average Bonchev–Trinajstić information content (AvgIpc) is 3.67. The van der Waals surface area contributed by atoms with Gasteiger partial charge in [-0.1, -0.05) is 66.7 Å². The Balaban J connectivity index is 1.42. The van der Waals surface area contributed by atoms with E-state index < -0.39 is 0 Å². The van der Waals surface area contributed by atoms with Gasteiger partial charge in [0.25, 0.3) is 0 Å². The van der Waals surface area contributed by atoms with Crippen molar-refractivity contribution < 1.29 is 6.48 Å². The Kier molecular flexibility index (Phi) is 5.48. The zero-order chi connectivity index (χ0) is 27.1. The number of aromatic hydroxyl groups is 1. The number of para-hydroxylation sites is 3. The SMILES string of the molecule is [2H]c1c(-c2cccs2)ccnc1-c1cccc(-c2cccc3c2nc(-c2ccccc2O)n3-c2ccccc2)c1. The molecule has 4 nitrogen and oxygen atoms in total. The van der Waals surface area contributed by atoms with Gasteiger partial charge in [0.05, 0.1) is 23.7 Å². The molecule has 3 aromatic heterocycles. The Morgan fingerprint density at radius 2 is 1.51 bits per heavy atom. The van der Waals surface area contributed by atoms with Crippen LogP contribution in [0.2, 0.25) is 0 Å². The molecule has 0 aliphatic rings. The quantitative estimate of drug-likeness (QED) is 0.246. The Labute approximate surface area is 231 Å². The standard InChI is InChI=1S/C34H23N3OS/c38-31-16-5-4-13-28(31)34-36-33-27(14-7-15-30(33)37(34)26-11-2-1-3-12-26)23-9-6-10-24(21-23)29-22-25(18-19-35-29)32-17-8-20-39-32/h1-22,38H/i22D. The molecule has 3 heterocycles. The van der Waals surface area contributed by atoms with Gasteiger partial charge in [0.15, 0.2) is 0 Å². The van der Waals surface area contributed by atoms with Crippen LogP contribution in [-0.4, -0.2) is 19.6 Å². The molecule has 5 heteroatoms. The molecule has 0 saturated carbocycles. The Morgan fingerprint density at radius 3 is 2.36 bits per heavy atom. The van der Waals surface area contributed by atoms with E-state index in [1.807, 2.05) is 90.3 Å². The van der Waals surface area contributed by atoms with E-state index in [1.165, 1.54) is 0 Å². The molecular weight excluding hydrogens is 498 g/mol. The number of hydrogen-bond acceptors (Lipinski definition) is 4. The predicted octanol–water partition coefficient (Wildman–Crippen LogP) is 8.86. The van der Waals surface area contributed by atoms with Crippen LogP contribution in [-0.2, 0) is 0 Å². The van der Waals surface area contributed by atoms with E-state index in [1.54, 1.807) is 23.6 Å². The lowest BCUT2D eigenvalue weighted by Gasteiger charge is -2.11. The van der Waals surface area contributed by atoms with E-state index in [0.29, 0.717) is 23.1 Å². The van der Waals surface area contributed by atoms with Crippen molar-refractivity contribution in [3.8, 4) is 55.6 Å². The third-order valence-corrected chi connectivity index (χ3v) is 7.68. The van der Waals surface area contributed by atoms with Gasteiger partial charge < -0.3 is 5.11 Å². The van der Waals surface area contributed by atoms with Crippen LogP contribution in [0.25, 0.3) is 60.9 Å². The Bertz CT molecular complexity index is 1980. The van der Waals surface area contributed by atoms with Gasteiger partial charge in [0, 0.05) is 27.9 Å². The van der Waals surface area contributed by atoms with Crippen LogP contribution < -0.4 is 0 Å². The zero-order valence-corrected chi connectivity index (χ0v) is 21.6. The van der Waals surface area contributed by atoms with Crippen LogP contribution in [0.15, 0.2) is 133 Å². The Morgan fingerprint density at radius 1 is 0.718 bits per heavy atom. The van der Waals surface area contributed by atoms with Crippen molar-refractivity contribution in [1.29, 1.82) is 0 Å². The van der Waals surface area contributed by atoms with Gasteiger partial charge in [-0.2, -0.15) is 0 Å².